The Bertz CT molecular complexity index is 1320. The Labute approximate surface area is 186 Å². The lowest BCUT2D eigenvalue weighted by Gasteiger charge is -2.19. The Balaban J connectivity index is 1.52. The maximum Gasteiger partial charge on any atom is 0.348 e. The lowest BCUT2D eigenvalue weighted by Crippen LogP contribution is -2.35. The first-order valence-electron chi connectivity index (χ1n) is 9.62. The summed E-state index contributed by atoms with van der Waals surface area (Å²) >= 11 is 1.17. The Kier molecular flexibility index (Phi) is 5.96. The van der Waals surface area contributed by atoms with Crippen LogP contribution in [0.1, 0.15) is 15.4 Å². The number of aromatic nitrogens is 2. The number of fused-ring (bicyclic) bond motifs is 1. The van der Waals surface area contributed by atoms with Crippen molar-refractivity contribution >= 4 is 39.1 Å². The van der Waals surface area contributed by atoms with Crippen molar-refractivity contribution in [3.63, 3.8) is 0 Å². The molecule has 160 valence electrons. The van der Waals surface area contributed by atoms with Gasteiger partial charge in [-0.2, -0.15) is 10.4 Å². The van der Waals surface area contributed by atoms with E-state index in [9.17, 15) is 14.0 Å². The topological polar surface area (TPSA) is 88.2 Å². The van der Waals surface area contributed by atoms with Crippen molar-refractivity contribution in [1.29, 1.82) is 5.26 Å². The highest BCUT2D eigenvalue weighted by atomic mass is 32.1. The average Bonchev–Trinajstić information content (AvgIpc) is 3.37. The van der Waals surface area contributed by atoms with Crippen molar-refractivity contribution in [2.75, 3.05) is 18.1 Å². The van der Waals surface area contributed by atoms with Gasteiger partial charge in [0, 0.05) is 11.1 Å². The second kappa shape index (κ2) is 8.99. The molecule has 0 atom stereocenters. The summed E-state index contributed by atoms with van der Waals surface area (Å²) in [4.78, 5) is 27.5. The molecular formula is C23H17FN4O3S. The molecule has 0 fully saturated rings. The van der Waals surface area contributed by atoms with Gasteiger partial charge in [0.05, 0.1) is 17.5 Å². The van der Waals surface area contributed by atoms with Crippen molar-refractivity contribution in [2.24, 2.45) is 0 Å². The van der Waals surface area contributed by atoms with Gasteiger partial charge in [-0.05, 0) is 49.4 Å². The molecule has 0 saturated carbocycles. The maximum atomic E-state index is 13.3. The fourth-order valence-electron chi connectivity index (χ4n) is 3.18. The van der Waals surface area contributed by atoms with E-state index in [0.29, 0.717) is 26.8 Å². The van der Waals surface area contributed by atoms with E-state index < -0.39 is 18.5 Å². The average molecular weight is 448 g/mol. The summed E-state index contributed by atoms with van der Waals surface area (Å²) in [6, 6.07) is 18.2. The van der Waals surface area contributed by atoms with Crippen LogP contribution in [0.4, 0.5) is 10.1 Å². The number of nitrogens with zero attached hydrogens (tertiary/aromatic N) is 4. The van der Waals surface area contributed by atoms with Crippen LogP contribution in [0.3, 0.4) is 0 Å². The van der Waals surface area contributed by atoms with Gasteiger partial charge in [-0.25, -0.2) is 13.9 Å². The first kappa shape index (κ1) is 21.2. The smallest absolute Gasteiger partial charge is 0.348 e. The van der Waals surface area contributed by atoms with Crippen LogP contribution in [-0.4, -0.2) is 34.8 Å². The first-order chi connectivity index (χ1) is 15.5. The van der Waals surface area contributed by atoms with E-state index in [1.165, 1.54) is 28.4 Å². The van der Waals surface area contributed by atoms with Gasteiger partial charge in [-0.15, -0.1) is 11.3 Å². The molecule has 0 bridgehead atoms. The fraction of sp³-hybridized carbons (Fsp3) is 0.130. The largest absolute Gasteiger partial charge is 0.451 e. The van der Waals surface area contributed by atoms with Crippen LogP contribution in [0.15, 0.2) is 60.7 Å². The zero-order chi connectivity index (χ0) is 22.7. The van der Waals surface area contributed by atoms with Crippen LogP contribution in [0, 0.1) is 24.1 Å². The molecule has 0 aliphatic rings. The number of esters is 1. The number of nitriles is 1. The van der Waals surface area contributed by atoms with Gasteiger partial charge in [-0.1, -0.05) is 18.2 Å². The molecule has 2 heterocycles. The number of hydrogen-bond acceptors (Lipinski definition) is 6. The van der Waals surface area contributed by atoms with Crippen LogP contribution in [-0.2, 0) is 9.53 Å². The molecule has 4 rings (SSSR count). The molecule has 32 heavy (non-hydrogen) atoms. The number of rotatable bonds is 6. The molecule has 7 nitrogen and oxygen atoms in total. The van der Waals surface area contributed by atoms with Crippen LogP contribution >= 0.6 is 11.3 Å². The zero-order valence-electron chi connectivity index (χ0n) is 17.0. The Hall–Kier alpha value is -4.03. The molecule has 0 N–H and O–H groups in total. The summed E-state index contributed by atoms with van der Waals surface area (Å²) in [5.74, 6) is -1.50. The fourth-order valence-corrected chi connectivity index (χ4v) is 4.26. The number of thiophene rings is 1. The van der Waals surface area contributed by atoms with Crippen LogP contribution in [0.25, 0.3) is 15.9 Å². The van der Waals surface area contributed by atoms with E-state index in [4.69, 9.17) is 10.00 Å². The van der Waals surface area contributed by atoms with Crippen molar-refractivity contribution in [2.45, 2.75) is 6.92 Å². The molecular weight excluding hydrogens is 431 g/mol. The predicted molar refractivity (Wildman–Crippen MR) is 118 cm³/mol. The van der Waals surface area contributed by atoms with Crippen molar-refractivity contribution < 1.29 is 18.7 Å². The number of benzene rings is 2. The molecule has 0 aliphatic carbocycles. The summed E-state index contributed by atoms with van der Waals surface area (Å²) in [6.45, 7) is 1.16. The van der Waals surface area contributed by atoms with Gasteiger partial charge in [0.15, 0.2) is 6.61 Å². The van der Waals surface area contributed by atoms with Crippen molar-refractivity contribution in [3.05, 3.63) is 77.1 Å². The van der Waals surface area contributed by atoms with Crippen LogP contribution in [0.2, 0.25) is 0 Å². The third-order valence-corrected chi connectivity index (χ3v) is 5.83. The third-order valence-electron chi connectivity index (χ3n) is 4.74. The number of anilines is 1. The normalized spacial score (nSPS) is 10.7. The van der Waals surface area contributed by atoms with E-state index in [-0.39, 0.29) is 12.4 Å². The number of para-hydroxylation sites is 1. The highest BCUT2D eigenvalue weighted by Gasteiger charge is 2.21. The number of carbonyl (C=O) groups is 2. The number of halogens is 1. The van der Waals surface area contributed by atoms with Gasteiger partial charge >= 0.3 is 5.97 Å². The summed E-state index contributed by atoms with van der Waals surface area (Å²) in [6.07, 6.45) is 0. The first-order valence-corrected chi connectivity index (χ1v) is 10.4. The Morgan fingerprint density at radius 2 is 1.91 bits per heavy atom. The van der Waals surface area contributed by atoms with Gasteiger partial charge in [0.2, 0.25) is 0 Å². The highest BCUT2D eigenvalue weighted by molar-refractivity contribution is 7.20. The monoisotopic (exact) mass is 448 g/mol. The molecule has 2 aromatic carbocycles. The molecule has 0 spiro atoms. The minimum atomic E-state index is -0.644. The number of amides is 1. The van der Waals surface area contributed by atoms with Gasteiger partial charge in [0.1, 0.15) is 22.1 Å². The molecule has 9 heteroatoms. The second-order valence-corrected chi connectivity index (χ2v) is 7.88. The molecule has 4 aromatic rings. The number of carbonyl (C=O) groups excluding carboxylic acids is 2. The summed E-state index contributed by atoms with van der Waals surface area (Å²) < 4.78 is 20.1. The Morgan fingerprint density at radius 1 is 1.19 bits per heavy atom. The molecule has 0 aliphatic heterocycles. The van der Waals surface area contributed by atoms with Gasteiger partial charge < -0.3 is 4.74 Å². The lowest BCUT2D eigenvalue weighted by molar-refractivity contribution is -0.121. The molecule has 0 unspecified atom stereocenters. The number of ether oxygens (including phenoxy) is 1. The zero-order valence-corrected chi connectivity index (χ0v) is 17.8. The Morgan fingerprint density at radius 3 is 2.59 bits per heavy atom. The van der Waals surface area contributed by atoms with Gasteiger partial charge in [-0.3, -0.25) is 9.69 Å². The van der Waals surface area contributed by atoms with Gasteiger partial charge in [0.25, 0.3) is 5.91 Å². The van der Waals surface area contributed by atoms with Crippen LogP contribution in [0.5, 0.6) is 0 Å². The maximum absolute atomic E-state index is 13.3. The standard InChI is InChI=1S/C23H17FN4O3S/c1-15-19-13-20(32-22(19)28(26-15)18-9-7-16(24)8-10-18)23(30)31-14-21(29)27(12-11-25)17-5-3-2-4-6-17/h2-10,13H,12,14H2,1H3. The lowest BCUT2D eigenvalue weighted by atomic mass is 10.3. The molecule has 1 amide bonds. The third kappa shape index (κ3) is 4.22. The predicted octanol–water partition coefficient (Wildman–Crippen LogP) is 4.25. The molecule has 0 saturated heterocycles. The second-order valence-electron chi connectivity index (χ2n) is 6.85. The highest BCUT2D eigenvalue weighted by Crippen LogP contribution is 2.31. The van der Waals surface area contributed by atoms with Crippen molar-refractivity contribution in [3.8, 4) is 11.8 Å². The SMILES string of the molecule is Cc1nn(-c2ccc(F)cc2)c2sc(C(=O)OCC(=O)N(CC#N)c3ccccc3)cc12. The van der Waals surface area contributed by atoms with E-state index >= 15 is 0 Å². The molecule has 2 aromatic heterocycles. The minimum Gasteiger partial charge on any atom is -0.451 e. The van der Waals surface area contributed by atoms with E-state index in [1.54, 1.807) is 53.2 Å². The summed E-state index contributed by atoms with van der Waals surface area (Å²) in [7, 11) is 0. The number of aryl methyl sites for hydroxylation is 1. The quantitative estimate of drug-likeness (QED) is 0.325. The number of hydrogen-bond donors (Lipinski definition) is 0. The molecule has 0 radical (unpaired) electrons. The summed E-state index contributed by atoms with van der Waals surface area (Å²) in [5, 5.41) is 14.3. The summed E-state index contributed by atoms with van der Waals surface area (Å²) in [5.41, 5.74) is 1.92. The van der Waals surface area contributed by atoms with E-state index in [0.717, 1.165) is 5.39 Å². The van der Waals surface area contributed by atoms with Crippen LogP contribution < -0.4 is 4.90 Å². The van der Waals surface area contributed by atoms with E-state index in [2.05, 4.69) is 5.10 Å². The minimum absolute atomic E-state index is 0.157. The van der Waals surface area contributed by atoms with Crippen molar-refractivity contribution in [1.82, 2.24) is 9.78 Å². The van der Waals surface area contributed by atoms with E-state index in [1.807, 2.05) is 13.0 Å².